The van der Waals surface area contributed by atoms with Crippen LogP contribution in [0.15, 0.2) is 24.3 Å². The predicted octanol–water partition coefficient (Wildman–Crippen LogP) is 2.05. The molecule has 1 aromatic rings. The molecule has 0 spiro atoms. The third-order valence-electron chi connectivity index (χ3n) is 4.09. The van der Waals surface area contributed by atoms with Crippen molar-refractivity contribution in [3.8, 4) is 0 Å². The fourth-order valence-corrected chi connectivity index (χ4v) is 2.98. The van der Waals surface area contributed by atoms with E-state index < -0.39 is 0 Å². The molecule has 16 heavy (non-hydrogen) atoms. The van der Waals surface area contributed by atoms with E-state index in [-0.39, 0.29) is 0 Å². The molecule has 0 aromatic heterocycles. The Morgan fingerprint density at radius 3 is 3.06 bits per heavy atom. The van der Waals surface area contributed by atoms with Gasteiger partial charge in [-0.25, -0.2) is 0 Å². The van der Waals surface area contributed by atoms with E-state index in [1.807, 2.05) is 0 Å². The van der Waals surface area contributed by atoms with Gasteiger partial charge in [-0.15, -0.1) is 0 Å². The van der Waals surface area contributed by atoms with Gasteiger partial charge in [0.25, 0.3) is 0 Å². The second-order valence-corrected chi connectivity index (χ2v) is 5.15. The predicted molar refractivity (Wildman–Crippen MR) is 67.9 cm³/mol. The highest BCUT2D eigenvalue weighted by molar-refractivity contribution is 5.57. The van der Waals surface area contributed by atoms with Crippen LogP contribution in [0.5, 0.6) is 0 Å². The molecule has 2 heteroatoms. The summed E-state index contributed by atoms with van der Waals surface area (Å²) < 4.78 is 0. The van der Waals surface area contributed by atoms with E-state index in [1.54, 1.807) is 0 Å². The molecule has 1 saturated heterocycles. The summed E-state index contributed by atoms with van der Waals surface area (Å²) in [7, 11) is 0. The first-order valence-electron chi connectivity index (χ1n) is 6.41. The summed E-state index contributed by atoms with van der Waals surface area (Å²) in [5.41, 5.74) is 2.98. The van der Waals surface area contributed by atoms with Crippen molar-refractivity contribution in [2.75, 3.05) is 24.5 Å². The van der Waals surface area contributed by atoms with Gasteiger partial charge in [-0.05, 0) is 36.9 Å². The van der Waals surface area contributed by atoms with Crippen LogP contribution < -0.4 is 10.2 Å². The maximum absolute atomic E-state index is 3.62. The summed E-state index contributed by atoms with van der Waals surface area (Å²) >= 11 is 0. The van der Waals surface area contributed by atoms with E-state index in [9.17, 15) is 0 Å². The van der Waals surface area contributed by atoms with Gasteiger partial charge in [0.2, 0.25) is 0 Å². The standard InChI is InChI=1S/C14H20N2/c1-11-6-8-15-13(11)10-16-9-7-12-4-2-3-5-14(12)16/h2-5,11,13,15H,6-10H2,1H3. The zero-order valence-corrected chi connectivity index (χ0v) is 9.95. The highest BCUT2D eigenvalue weighted by Gasteiger charge is 2.27. The van der Waals surface area contributed by atoms with Crippen molar-refractivity contribution in [1.29, 1.82) is 0 Å². The molecule has 0 amide bonds. The van der Waals surface area contributed by atoms with Crippen LogP contribution in [-0.4, -0.2) is 25.7 Å². The van der Waals surface area contributed by atoms with E-state index >= 15 is 0 Å². The second kappa shape index (κ2) is 4.10. The Bertz CT molecular complexity index is 375. The lowest BCUT2D eigenvalue weighted by Crippen LogP contribution is -2.39. The molecule has 2 aliphatic heterocycles. The highest BCUT2D eigenvalue weighted by atomic mass is 15.2. The zero-order chi connectivity index (χ0) is 11.0. The molecule has 2 heterocycles. The van der Waals surface area contributed by atoms with Gasteiger partial charge in [0.15, 0.2) is 0 Å². The lowest BCUT2D eigenvalue weighted by Gasteiger charge is -2.25. The molecule has 2 unspecified atom stereocenters. The Balaban J connectivity index is 1.73. The number of nitrogens with one attached hydrogen (secondary N) is 1. The first-order chi connectivity index (χ1) is 7.84. The minimum Gasteiger partial charge on any atom is -0.369 e. The van der Waals surface area contributed by atoms with Crippen molar-refractivity contribution < 1.29 is 0 Å². The van der Waals surface area contributed by atoms with Gasteiger partial charge in [-0.3, -0.25) is 0 Å². The minimum absolute atomic E-state index is 0.686. The fraction of sp³-hybridized carbons (Fsp3) is 0.571. The molecule has 2 atom stereocenters. The maximum atomic E-state index is 3.62. The molecule has 1 aromatic carbocycles. The smallest absolute Gasteiger partial charge is 0.0400 e. The Labute approximate surface area is 97.6 Å². The first kappa shape index (κ1) is 10.2. The number of hydrogen-bond donors (Lipinski definition) is 1. The third kappa shape index (κ3) is 1.71. The molecular weight excluding hydrogens is 196 g/mol. The molecule has 0 bridgehead atoms. The molecule has 0 saturated carbocycles. The molecule has 1 N–H and O–H groups in total. The van der Waals surface area contributed by atoms with Crippen molar-refractivity contribution in [2.45, 2.75) is 25.8 Å². The summed E-state index contributed by atoms with van der Waals surface area (Å²) in [6, 6.07) is 9.52. The maximum Gasteiger partial charge on any atom is 0.0400 e. The molecule has 2 aliphatic rings. The van der Waals surface area contributed by atoms with Crippen LogP contribution in [0.4, 0.5) is 5.69 Å². The zero-order valence-electron chi connectivity index (χ0n) is 9.95. The summed E-state index contributed by atoms with van der Waals surface area (Å²) in [4.78, 5) is 2.55. The average Bonchev–Trinajstić information content (AvgIpc) is 2.88. The van der Waals surface area contributed by atoms with Crippen LogP contribution in [-0.2, 0) is 6.42 Å². The Morgan fingerprint density at radius 1 is 1.38 bits per heavy atom. The number of hydrogen-bond acceptors (Lipinski definition) is 2. The van der Waals surface area contributed by atoms with E-state index in [4.69, 9.17) is 0 Å². The Hall–Kier alpha value is -1.02. The Kier molecular flexibility index (Phi) is 2.60. The number of para-hydroxylation sites is 1. The molecule has 1 fully saturated rings. The van der Waals surface area contributed by atoms with Gasteiger partial charge in [0.1, 0.15) is 0 Å². The minimum atomic E-state index is 0.686. The SMILES string of the molecule is CC1CCNC1CN1CCc2ccccc21. The van der Waals surface area contributed by atoms with Crippen LogP contribution in [0.2, 0.25) is 0 Å². The number of fused-ring (bicyclic) bond motifs is 1. The molecule has 3 rings (SSSR count). The molecule has 86 valence electrons. The quantitative estimate of drug-likeness (QED) is 0.814. The fourth-order valence-electron chi connectivity index (χ4n) is 2.98. The topological polar surface area (TPSA) is 15.3 Å². The van der Waals surface area contributed by atoms with Gasteiger partial charge in [0.05, 0.1) is 0 Å². The molecular formula is C14H20N2. The van der Waals surface area contributed by atoms with E-state index in [1.165, 1.54) is 43.7 Å². The largest absolute Gasteiger partial charge is 0.369 e. The van der Waals surface area contributed by atoms with Crippen LogP contribution in [0.1, 0.15) is 18.9 Å². The highest BCUT2D eigenvalue weighted by Crippen LogP contribution is 2.28. The van der Waals surface area contributed by atoms with Gasteiger partial charge in [-0.1, -0.05) is 25.1 Å². The number of rotatable bonds is 2. The van der Waals surface area contributed by atoms with Gasteiger partial charge in [-0.2, -0.15) is 0 Å². The van der Waals surface area contributed by atoms with E-state index in [0.29, 0.717) is 6.04 Å². The van der Waals surface area contributed by atoms with Crippen molar-refractivity contribution in [3.63, 3.8) is 0 Å². The lowest BCUT2D eigenvalue weighted by molar-refractivity contribution is 0.478. The van der Waals surface area contributed by atoms with E-state index in [0.717, 1.165) is 5.92 Å². The van der Waals surface area contributed by atoms with Gasteiger partial charge < -0.3 is 10.2 Å². The number of benzene rings is 1. The molecule has 0 aliphatic carbocycles. The van der Waals surface area contributed by atoms with Crippen LogP contribution in [0, 0.1) is 5.92 Å². The van der Waals surface area contributed by atoms with Crippen LogP contribution >= 0.6 is 0 Å². The molecule has 0 radical (unpaired) electrons. The monoisotopic (exact) mass is 216 g/mol. The average molecular weight is 216 g/mol. The van der Waals surface area contributed by atoms with Crippen LogP contribution in [0.3, 0.4) is 0 Å². The first-order valence-corrected chi connectivity index (χ1v) is 6.41. The van der Waals surface area contributed by atoms with Crippen molar-refractivity contribution in [1.82, 2.24) is 5.32 Å². The normalized spacial score (nSPS) is 28.4. The third-order valence-corrected chi connectivity index (χ3v) is 4.09. The van der Waals surface area contributed by atoms with Crippen molar-refractivity contribution in [2.24, 2.45) is 5.92 Å². The Morgan fingerprint density at radius 2 is 2.25 bits per heavy atom. The summed E-state index contributed by atoms with van der Waals surface area (Å²) in [5.74, 6) is 0.827. The second-order valence-electron chi connectivity index (χ2n) is 5.15. The van der Waals surface area contributed by atoms with Crippen molar-refractivity contribution in [3.05, 3.63) is 29.8 Å². The van der Waals surface area contributed by atoms with Crippen molar-refractivity contribution >= 4 is 5.69 Å². The summed E-state index contributed by atoms with van der Waals surface area (Å²) in [6.07, 6.45) is 2.55. The van der Waals surface area contributed by atoms with Gasteiger partial charge >= 0.3 is 0 Å². The van der Waals surface area contributed by atoms with E-state index in [2.05, 4.69) is 41.4 Å². The summed E-state index contributed by atoms with van der Waals surface area (Å²) in [6.45, 7) is 5.94. The molecule has 2 nitrogen and oxygen atoms in total. The number of anilines is 1. The van der Waals surface area contributed by atoms with Crippen LogP contribution in [0.25, 0.3) is 0 Å². The summed E-state index contributed by atoms with van der Waals surface area (Å²) in [5, 5.41) is 3.62. The number of nitrogens with zero attached hydrogens (tertiary/aromatic N) is 1. The van der Waals surface area contributed by atoms with Gasteiger partial charge in [0, 0.05) is 24.8 Å². The lowest BCUT2D eigenvalue weighted by atomic mass is 10.0.